The first-order valence-corrected chi connectivity index (χ1v) is 8.53. The van der Waals surface area contributed by atoms with Crippen LogP contribution in [-0.2, 0) is 0 Å². The number of hydrogen-bond donors (Lipinski definition) is 3. The number of hydrogen-bond acceptors (Lipinski definition) is 3. The highest BCUT2D eigenvalue weighted by Crippen LogP contribution is 2.32. The van der Waals surface area contributed by atoms with Gasteiger partial charge in [-0.15, -0.1) is 0 Å². The highest BCUT2D eigenvalue weighted by atomic mass is 16.3. The van der Waals surface area contributed by atoms with Gasteiger partial charge in [-0.05, 0) is 31.6 Å². The lowest BCUT2D eigenvalue weighted by molar-refractivity contribution is 0.0521. The fourth-order valence-electron chi connectivity index (χ4n) is 3.76. The van der Waals surface area contributed by atoms with E-state index in [1.165, 1.54) is 19.4 Å². The number of guanidine groups is 1. The molecule has 2 unspecified atom stereocenters. The molecule has 21 heavy (non-hydrogen) atoms. The lowest BCUT2D eigenvalue weighted by atomic mass is 10.0. The van der Waals surface area contributed by atoms with Crippen molar-refractivity contribution in [2.75, 3.05) is 26.7 Å². The molecule has 0 aromatic rings. The third kappa shape index (κ3) is 3.69. The molecule has 3 fully saturated rings. The molecule has 2 aliphatic carbocycles. The van der Waals surface area contributed by atoms with Gasteiger partial charge in [0.05, 0.1) is 5.60 Å². The second-order valence-electron chi connectivity index (χ2n) is 7.27. The molecule has 120 valence electrons. The van der Waals surface area contributed by atoms with Gasteiger partial charge >= 0.3 is 0 Å². The van der Waals surface area contributed by atoms with Crippen LogP contribution >= 0.6 is 0 Å². The van der Waals surface area contributed by atoms with E-state index >= 15 is 0 Å². The number of nitrogens with zero attached hydrogens (tertiary/aromatic N) is 2. The number of likely N-dealkylation sites (tertiary alicyclic amines) is 1. The second kappa shape index (κ2) is 6.13. The Bertz CT molecular complexity index is 388. The Hall–Kier alpha value is -0.810. The van der Waals surface area contributed by atoms with Crippen molar-refractivity contribution in [2.24, 2.45) is 10.9 Å². The first-order valence-electron chi connectivity index (χ1n) is 8.53. The molecule has 1 aliphatic heterocycles. The monoisotopic (exact) mass is 294 g/mol. The zero-order valence-corrected chi connectivity index (χ0v) is 13.4. The predicted octanol–water partition coefficient (Wildman–Crippen LogP) is 0.939. The van der Waals surface area contributed by atoms with Crippen molar-refractivity contribution < 1.29 is 5.11 Å². The zero-order chi connectivity index (χ0) is 14.9. The van der Waals surface area contributed by atoms with E-state index < -0.39 is 5.60 Å². The molecule has 2 saturated carbocycles. The first-order chi connectivity index (χ1) is 10.1. The third-order valence-electron chi connectivity index (χ3n) is 5.37. The third-order valence-corrected chi connectivity index (χ3v) is 5.37. The molecule has 5 heteroatoms. The molecule has 0 radical (unpaired) electrons. The lowest BCUT2D eigenvalue weighted by Crippen LogP contribution is -2.50. The predicted molar refractivity (Wildman–Crippen MR) is 85.5 cm³/mol. The fourth-order valence-corrected chi connectivity index (χ4v) is 3.76. The molecule has 0 bridgehead atoms. The molecule has 0 amide bonds. The van der Waals surface area contributed by atoms with Crippen molar-refractivity contribution in [2.45, 2.75) is 63.1 Å². The molecule has 0 aromatic heterocycles. The Labute approximate surface area is 128 Å². The van der Waals surface area contributed by atoms with Crippen LogP contribution in [0.5, 0.6) is 0 Å². The van der Waals surface area contributed by atoms with Crippen molar-refractivity contribution in [3.63, 3.8) is 0 Å². The molecule has 5 nitrogen and oxygen atoms in total. The van der Waals surface area contributed by atoms with E-state index in [4.69, 9.17) is 0 Å². The van der Waals surface area contributed by atoms with Crippen LogP contribution < -0.4 is 10.6 Å². The van der Waals surface area contributed by atoms with Gasteiger partial charge in [0.1, 0.15) is 0 Å². The molecule has 3 rings (SSSR count). The highest BCUT2D eigenvalue weighted by molar-refractivity contribution is 5.80. The summed E-state index contributed by atoms with van der Waals surface area (Å²) in [5, 5.41) is 17.3. The van der Waals surface area contributed by atoms with Gasteiger partial charge in [-0.2, -0.15) is 0 Å². The lowest BCUT2D eigenvalue weighted by Gasteiger charge is -2.26. The van der Waals surface area contributed by atoms with Crippen LogP contribution in [0, 0.1) is 5.92 Å². The minimum atomic E-state index is -0.529. The Morgan fingerprint density at radius 1 is 1.29 bits per heavy atom. The van der Waals surface area contributed by atoms with Crippen LogP contribution in [0.15, 0.2) is 4.99 Å². The fraction of sp³-hybridized carbons (Fsp3) is 0.938. The molecular formula is C16H30N4O. The minimum Gasteiger partial charge on any atom is -0.388 e. The number of aliphatic hydroxyl groups is 1. The molecule has 1 heterocycles. The van der Waals surface area contributed by atoms with Gasteiger partial charge in [-0.25, -0.2) is 0 Å². The maximum Gasteiger partial charge on any atom is 0.191 e. The van der Waals surface area contributed by atoms with Crippen molar-refractivity contribution in [3.8, 4) is 0 Å². The van der Waals surface area contributed by atoms with Crippen LogP contribution in [0.3, 0.4) is 0 Å². The van der Waals surface area contributed by atoms with E-state index in [1.54, 1.807) is 0 Å². The van der Waals surface area contributed by atoms with E-state index in [-0.39, 0.29) is 0 Å². The van der Waals surface area contributed by atoms with E-state index in [0.29, 0.717) is 18.5 Å². The summed E-state index contributed by atoms with van der Waals surface area (Å²) in [6, 6.07) is 1.31. The first kappa shape index (κ1) is 15.1. The molecular weight excluding hydrogens is 264 g/mol. The maximum absolute atomic E-state index is 10.4. The SMILES string of the molecule is CN=C(NCC1(O)CCCC1)NC1CN(C2CC2)CC1C. The number of rotatable bonds is 4. The Balaban J connectivity index is 1.48. The van der Waals surface area contributed by atoms with E-state index in [0.717, 1.165) is 44.2 Å². The summed E-state index contributed by atoms with van der Waals surface area (Å²) in [5.74, 6) is 1.49. The number of aliphatic imine (C=N–C) groups is 1. The van der Waals surface area contributed by atoms with Crippen LogP contribution in [0.1, 0.15) is 45.4 Å². The maximum atomic E-state index is 10.4. The quantitative estimate of drug-likeness (QED) is 0.533. The average molecular weight is 294 g/mol. The molecule has 3 N–H and O–H groups in total. The largest absolute Gasteiger partial charge is 0.388 e. The summed E-state index contributed by atoms with van der Waals surface area (Å²) < 4.78 is 0. The van der Waals surface area contributed by atoms with Crippen LogP contribution in [0.4, 0.5) is 0 Å². The van der Waals surface area contributed by atoms with Crippen molar-refractivity contribution in [1.29, 1.82) is 0 Å². The molecule has 0 spiro atoms. The van der Waals surface area contributed by atoms with Crippen molar-refractivity contribution in [3.05, 3.63) is 0 Å². The summed E-state index contributed by atoms with van der Waals surface area (Å²) in [6.45, 7) is 5.25. The van der Waals surface area contributed by atoms with Crippen LogP contribution in [0.25, 0.3) is 0 Å². The van der Waals surface area contributed by atoms with E-state index in [1.807, 2.05) is 7.05 Å². The normalized spacial score (nSPS) is 33.4. The van der Waals surface area contributed by atoms with E-state index in [9.17, 15) is 5.11 Å². The van der Waals surface area contributed by atoms with Gasteiger partial charge in [0.15, 0.2) is 5.96 Å². The zero-order valence-electron chi connectivity index (χ0n) is 13.4. The Morgan fingerprint density at radius 3 is 2.62 bits per heavy atom. The van der Waals surface area contributed by atoms with Gasteiger partial charge in [0, 0.05) is 38.8 Å². The van der Waals surface area contributed by atoms with Gasteiger partial charge in [-0.1, -0.05) is 19.8 Å². The van der Waals surface area contributed by atoms with E-state index in [2.05, 4.69) is 27.4 Å². The Kier molecular flexibility index (Phi) is 4.41. The highest BCUT2D eigenvalue weighted by Gasteiger charge is 2.38. The topological polar surface area (TPSA) is 59.9 Å². The number of nitrogens with one attached hydrogen (secondary N) is 2. The summed E-state index contributed by atoms with van der Waals surface area (Å²) in [4.78, 5) is 6.94. The molecule has 3 aliphatic rings. The standard InChI is InChI=1S/C16H30N4O/c1-12-9-20(13-5-6-13)10-14(12)19-15(17-2)18-11-16(21)7-3-4-8-16/h12-14,21H,3-11H2,1-2H3,(H2,17,18,19). The van der Waals surface area contributed by atoms with Crippen molar-refractivity contribution >= 4 is 5.96 Å². The van der Waals surface area contributed by atoms with Gasteiger partial charge in [0.2, 0.25) is 0 Å². The van der Waals surface area contributed by atoms with Gasteiger partial charge in [-0.3, -0.25) is 9.89 Å². The second-order valence-corrected chi connectivity index (χ2v) is 7.27. The minimum absolute atomic E-state index is 0.468. The Morgan fingerprint density at radius 2 is 2.00 bits per heavy atom. The summed E-state index contributed by atoms with van der Waals surface area (Å²) >= 11 is 0. The molecule has 1 saturated heterocycles. The van der Waals surface area contributed by atoms with Crippen molar-refractivity contribution in [1.82, 2.24) is 15.5 Å². The average Bonchev–Trinajstić information content (AvgIpc) is 3.14. The van der Waals surface area contributed by atoms with Crippen LogP contribution in [-0.4, -0.2) is 60.3 Å². The summed E-state index contributed by atoms with van der Waals surface area (Å²) in [7, 11) is 1.81. The van der Waals surface area contributed by atoms with Crippen LogP contribution in [0.2, 0.25) is 0 Å². The summed E-state index contributed by atoms with van der Waals surface area (Å²) in [6.07, 6.45) is 6.85. The molecule has 2 atom stereocenters. The smallest absolute Gasteiger partial charge is 0.191 e. The van der Waals surface area contributed by atoms with Gasteiger partial charge in [0.25, 0.3) is 0 Å². The summed E-state index contributed by atoms with van der Waals surface area (Å²) in [5.41, 5.74) is -0.529. The molecule has 0 aromatic carbocycles. The van der Waals surface area contributed by atoms with Gasteiger partial charge < -0.3 is 15.7 Å².